The minimum absolute atomic E-state index is 0.00579. The summed E-state index contributed by atoms with van der Waals surface area (Å²) in [7, 11) is 0. The van der Waals surface area contributed by atoms with Crippen LogP contribution >= 0.6 is 11.3 Å². The molecule has 2 aromatic rings. The van der Waals surface area contributed by atoms with E-state index in [0.29, 0.717) is 5.95 Å². The van der Waals surface area contributed by atoms with Crippen LogP contribution in [0.5, 0.6) is 0 Å². The molecule has 1 aliphatic carbocycles. The van der Waals surface area contributed by atoms with E-state index in [0.717, 1.165) is 23.1 Å². The van der Waals surface area contributed by atoms with Crippen molar-refractivity contribution in [2.45, 2.75) is 25.7 Å². The Hall–Kier alpha value is -1.82. The summed E-state index contributed by atoms with van der Waals surface area (Å²) in [4.78, 5) is 19.2. The third-order valence-corrected chi connectivity index (χ3v) is 4.67. The smallest absolute Gasteiger partial charge is 0.282 e. The highest BCUT2D eigenvalue weighted by Gasteiger charge is 2.22. The van der Waals surface area contributed by atoms with Crippen molar-refractivity contribution in [3.63, 3.8) is 0 Å². The molecule has 18 heavy (non-hydrogen) atoms. The number of thiophene rings is 1. The van der Waals surface area contributed by atoms with Gasteiger partial charge < -0.3 is 5.32 Å². The van der Waals surface area contributed by atoms with Crippen LogP contribution in [0.25, 0.3) is 10.2 Å². The van der Waals surface area contributed by atoms with E-state index in [4.69, 9.17) is 0 Å². The number of nitrogens with one attached hydrogen (secondary N) is 2. The number of rotatable bonds is 0. The second kappa shape index (κ2) is 3.58. The van der Waals surface area contributed by atoms with Crippen LogP contribution in [0.3, 0.4) is 0 Å². The lowest BCUT2D eigenvalue weighted by Crippen LogP contribution is -2.31. The lowest BCUT2D eigenvalue weighted by Gasteiger charge is -2.15. The number of fused-ring (bicyclic) bond motifs is 4. The topological polar surface area (TPSA) is 59.0 Å². The standard InChI is InChI=1S/C12H12N4OS/c17-11-9-7-3-1-2-4-8(7)18-10(9)15-12-13-5-6-14-16(11)12/h5-6,14H,1-4H2,(H,13,15). The molecule has 0 saturated carbocycles. The zero-order valence-corrected chi connectivity index (χ0v) is 10.5. The van der Waals surface area contributed by atoms with Crippen LogP contribution in [0, 0.1) is 0 Å². The van der Waals surface area contributed by atoms with Gasteiger partial charge in [0, 0.05) is 17.3 Å². The summed E-state index contributed by atoms with van der Waals surface area (Å²) in [5.41, 5.74) is 4.16. The van der Waals surface area contributed by atoms with E-state index in [9.17, 15) is 4.79 Å². The molecule has 0 amide bonds. The van der Waals surface area contributed by atoms with Crippen molar-refractivity contribution in [1.29, 1.82) is 0 Å². The van der Waals surface area contributed by atoms with Gasteiger partial charge in [-0.1, -0.05) is 0 Å². The minimum atomic E-state index is 0.00579. The second-order valence-electron chi connectivity index (χ2n) is 4.57. The second-order valence-corrected chi connectivity index (χ2v) is 5.66. The van der Waals surface area contributed by atoms with E-state index in [-0.39, 0.29) is 5.56 Å². The fourth-order valence-electron chi connectivity index (χ4n) is 2.65. The van der Waals surface area contributed by atoms with E-state index < -0.39 is 0 Å². The first-order chi connectivity index (χ1) is 8.84. The molecular weight excluding hydrogens is 248 g/mol. The van der Waals surface area contributed by atoms with E-state index >= 15 is 0 Å². The molecule has 0 aromatic carbocycles. The largest absolute Gasteiger partial charge is 0.329 e. The first-order valence-electron chi connectivity index (χ1n) is 6.10. The maximum absolute atomic E-state index is 12.5. The van der Waals surface area contributed by atoms with Crippen molar-refractivity contribution >= 4 is 27.5 Å². The van der Waals surface area contributed by atoms with Gasteiger partial charge in [-0.2, -0.15) is 4.68 Å². The third-order valence-electron chi connectivity index (χ3n) is 3.49. The van der Waals surface area contributed by atoms with Crippen LogP contribution in [0.1, 0.15) is 23.3 Å². The first kappa shape index (κ1) is 10.1. The van der Waals surface area contributed by atoms with Gasteiger partial charge in [-0.05, 0) is 31.2 Å². The molecule has 3 heterocycles. The zero-order chi connectivity index (χ0) is 12.1. The van der Waals surface area contributed by atoms with Crippen LogP contribution in [0.4, 0.5) is 5.95 Å². The van der Waals surface area contributed by atoms with Gasteiger partial charge in [0.05, 0.1) is 5.39 Å². The van der Waals surface area contributed by atoms with Crippen molar-refractivity contribution in [2.75, 3.05) is 10.7 Å². The molecule has 4 rings (SSSR count). The summed E-state index contributed by atoms with van der Waals surface area (Å²) in [5.74, 6) is 0.564. The van der Waals surface area contributed by atoms with Gasteiger partial charge in [-0.3, -0.25) is 10.2 Å². The van der Waals surface area contributed by atoms with Gasteiger partial charge in [-0.25, -0.2) is 4.98 Å². The normalized spacial score (nSPS) is 16.9. The summed E-state index contributed by atoms with van der Waals surface area (Å²) in [6, 6.07) is 0. The number of hydrogen-bond donors (Lipinski definition) is 2. The number of hydrogen-bond acceptors (Lipinski definition) is 5. The van der Waals surface area contributed by atoms with Crippen molar-refractivity contribution in [3.8, 4) is 0 Å². The average molecular weight is 260 g/mol. The van der Waals surface area contributed by atoms with E-state index in [1.807, 2.05) is 0 Å². The highest BCUT2D eigenvalue weighted by molar-refractivity contribution is 7.18. The van der Waals surface area contributed by atoms with E-state index in [1.165, 1.54) is 28.0 Å². The van der Waals surface area contributed by atoms with Gasteiger partial charge >= 0.3 is 0 Å². The van der Waals surface area contributed by atoms with Gasteiger partial charge in [0.2, 0.25) is 5.95 Å². The molecule has 5 nitrogen and oxygen atoms in total. The lowest BCUT2D eigenvalue weighted by molar-refractivity contribution is 0.699. The predicted molar refractivity (Wildman–Crippen MR) is 72.6 cm³/mol. The summed E-state index contributed by atoms with van der Waals surface area (Å²) in [5, 5.41) is 3.80. The Morgan fingerprint density at radius 1 is 1.28 bits per heavy atom. The molecule has 0 fully saturated rings. The quantitative estimate of drug-likeness (QED) is 0.758. The SMILES string of the molecule is O=c1c2c3c(sc2nc2n1NC=CN2)CCCC3. The maximum atomic E-state index is 12.5. The lowest BCUT2D eigenvalue weighted by atomic mass is 9.97. The van der Waals surface area contributed by atoms with E-state index in [2.05, 4.69) is 15.7 Å². The van der Waals surface area contributed by atoms with Gasteiger partial charge in [0.1, 0.15) is 4.83 Å². The number of aryl methyl sites for hydroxylation is 2. The number of anilines is 1. The predicted octanol–water partition coefficient (Wildman–Crippen LogP) is 1.78. The average Bonchev–Trinajstić information content (AvgIpc) is 2.77. The van der Waals surface area contributed by atoms with Crippen molar-refractivity contribution in [1.82, 2.24) is 9.66 Å². The number of nitrogens with zero attached hydrogens (tertiary/aromatic N) is 2. The Morgan fingerprint density at radius 2 is 2.17 bits per heavy atom. The highest BCUT2D eigenvalue weighted by atomic mass is 32.1. The van der Waals surface area contributed by atoms with Gasteiger partial charge in [0.25, 0.3) is 5.56 Å². The molecule has 0 saturated heterocycles. The Bertz CT molecular complexity index is 728. The molecular formula is C12H12N4OS. The molecule has 0 atom stereocenters. The minimum Gasteiger partial charge on any atom is -0.329 e. The summed E-state index contributed by atoms with van der Waals surface area (Å²) in [6.45, 7) is 0. The molecule has 92 valence electrons. The maximum Gasteiger partial charge on any atom is 0.282 e. The summed E-state index contributed by atoms with van der Waals surface area (Å²) >= 11 is 1.67. The molecule has 1 aliphatic heterocycles. The molecule has 0 spiro atoms. The number of aromatic nitrogens is 2. The van der Waals surface area contributed by atoms with Crippen LogP contribution in [0.2, 0.25) is 0 Å². The summed E-state index contributed by atoms with van der Waals surface area (Å²) < 4.78 is 1.48. The Balaban J connectivity index is 2.09. The molecule has 0 unspecified atom stereocenters. The van der Waals surface area contributed by atoms with Crippen molar-refractivity contribution in [3.05, 3.63) is 33.2 Å². The van der Waals surface area contributed by atoms with Gasteiger partial charge in [-0.15, -0.1) is 11.3 Å². The third kappa shape index (κ3) is 1.26. The molecule has 2 N–H and O–H groups in total. The van der Waals surface area contributed by atoms with Crippen molar-refractivity contribution < 1.29 is 0 Å². The molecule has 2 aliphatic rings. The Labute approximate surface area is 107 Å². The van der Waals surface area contributed by atoms with Gasteiger partial charge in [0.15, 0.2) is 0 Å². The zero-order valence-electron chi connectivity index (χ0n) is 9.69. The van der Waals surface area contributed by atoms with Crippen molar-refractivity contribution in [2.24, 2.45) is 0 Å². The molecule has 0 bridgehead atoms. The summed E-state index contributed by atoms with van der Waals surface area (Å²) in [6.07, 6.45) is 7.92. The van der Waals surface area contributed by atoms with Crippen LogP contribution in [-0.4, -0.2) is 9.66 Å². The van der Waals surface area contributed by atoms with E-state index in [1.54, 1.807) is 23.7 Å². The fraction of sp³-hybridized carbons (Fsp3) is 0.333. The van der Waals surface area contributed by atoms with Crippen LogP contribution in [0.15, 0.2) is 17.2 Å². The molecule has 6 heteroatoms. The highest BCUT2D eigenvalue weighted by Crippen LogP contribution is 2.34. The van der Waals surface area contributed by atoms with Crippen LogP contribution < -0.4 is 16.3 Å². The fourth-order valence-corrected chi connectivity index (χ4v) is 3.90. The molecule has 2 aromatic heterocycles. The Morgan fingerprint density at radius 3 is 3.11 bits per heavy atom. The Kier molecular flexibility index (Phi) is 2.02. The first-order valence-corrected chi connectivity index (χ1v) is 6.91. The monoisotopic (exact) mass is 260 g/mol. The molecule has 0 radical (unpaired) electrons. The van der Waals surface area contributed by atoms with Crippen LogP contribution in [-0.2, 0) is 12.8 Å².